The fourth-order valence-electron chi connectivity index (χ4n) is 1.31. The highest BCUT2D eigenvalue weighted by atomic mass is 35.5. The van der Waals surface area contributed by atoms with Gasteiger partial charge in [-0.25, -0.2) is 4.39 Å². The lowest BCUT2D eigenvalue weighted by atomic mass is 10.1. The largest absolute Gasteiger partial charge is 0.351 e. The minimum atomic E-state index is -0.386. The molecule has 1 N–H and O–H groups in total. The number of carbonyl (C=O) groups excluding carboxylic acids is 1. The Hall–Kier alpha value is -1.09. The maximum atomic E-state index is 12.9. The average Bonchev–Trinajstić information content (AvgIpc) is 2.08. The van der Waals surface area contributed by atoms with E-state index >= 15 is 0 Å². The number of rotatable bonds is 2. The fraction of sp³-hybridized carbons (Fsp3) is 0.417. The van der Waals surface area contributed by atoms with Gasteiger partial charge in [0, 0.05) is 10.6 Å². The molecule has 0 fully saturated rings. The van der Waals surface area contributed by atoms with Crippen molar-refractivity contribution in [1.82, 2.24) is 5.32 Å². The van der Waals surface area contributed by atoms with Gasteiger partial charge in [-0.1, -0.05) is 11.6 Å². The number of hydrogen-bond acceptors (Lipinski definition) is 1. The molecule has 0 aliphatic heterocycles. The van der Waals surface area contributed by atoms with E-state index in [-0.39, 0.29) is 23.7 Å². The summed E-state index contributed by atoms with van der Waals surface area (Å²) in [5.74, 6) is -0.553. The van der Waals surface area contributed by atoms with E-state index in [4.69, 9.17) is 11.6 Å². The molecule has 0 aliphatic carbocycles. The number of nitrogens with one attached hydrogen (secondary N) is 1. The lowest BCUT2D eigenvalue weighted by molar-refractivity contribution is -0.121. The monoisotopic (exact) mass is 243 g/mol. The van der Waals surface area contributed by atoms with E-state index in [0.717, 1.165) is 0 Å². The molecule has 1 aromatic carbocycles. The van der Waals surface area contributed by atoms with E-state index in [1.807, 2.05) is 20.8 Å². The van der Waals surface area contributed by atoms with Crippen molar-refractivity contribution < 1.29 is 9.18 Å². The Morgan fingerprint density at radius 2 is 2.06 bits per heavy atom. The van der Waals surface area contributed by atoms with Crippen LogP contribution in [0.5, 0.6) is 0 Å². The van der Waals surface area contributed by atoms with Gasteiger partial charge in [-0.3, -0.25) is 4.79 Å². The van der Waals surface area contributed by atoms with Crippen molar-refractivity contribution in [2.24, 2.45) is 0 Å². The molecule has 0 saturated heterocycles. The van der Waals surface area contributed by atoms with Crippen molar-refractivity contribution in [2.75, 3.05) is 0 Å². The van der Waals surface area contributed by atoms with Crippen LogP contribution in [-0.4, -0.2) is 11.4 Å². The molecule has 16 heavy (non-hydrogen) atoms. The van der Waals surface area contributed by atoms with Gasteiger partial charge < -0.3 is 5.32 Å². The molecule has 2 nitrogen and oxygen atoms in total. The summed E-state index contributed by atoms with van der Waals surface area (Å²) in [5.41, 5.74) is 0.208. The highest BCUT2D eigenvalue weighted by Gasteiger charge is 2.15. The Bertz CT molecular complexity index is 398. The van der Waals surface area contributed by atoms with Crippen LogP contribution < -0.4 is 5.32 Å². The first kappa shape index (κ1) is 13.0. The SMILES string of the molecule is CC(C)(C)NC(=O)Cc1cc(F)ccc1Cl. The molecule has 1 amide bonds. The summed E-state index contributed by atoms with van der Waals surface area (Å²) in [7, 11) is 0. The quantitative estimate of drug-likeness (QED) is 0.850. The third-order valence-electron chi connectivity index (χ3n) is 1.87. The maximum Gasteiger partial charge on any atom is 0.224 e. The van der Waals surface area contributed by atoms with Crippen LogP contribution in [0.25, 0.3) is 0 Å². The van der Waals surface area contributed by atoms with Gasteiger partial charge in [0.25, 0.3) is 0 Å². The smallest absolute Gasteiger partial charge is 0.224 e. The second-order valence-electron chi connectivity index (χ2n) is 4.71. The molecule has 1 rings (SSSR count). The van der Waals surface area contributed by atoms with Crippen LogP contribution in [0.1, 0.15) is 26.3 Å². The summed E-state index contributed by atoms with van der Waals surface area (Å²) in [4.78, 5) is 11.6. The van der Waals surface area contributed by atoms with Crippen LogP contribution in [0.15, 0.2) is 18.2 Å². The number of hydrogen-bond donors (Lipinski definition) is 1. The van der Waals surface area contributed by atoms with Crippen LogP contribution >= 0.6 is 11.6 Å². The third-order valence-corrected chi connectivity index (χ3v) is 2.24. The summed E-state index contributed by atoms with van der Waals surface area (Å²) in [6.07, 6.45) is 0.0911. The van der Waals surface area contributed by atoms with E-state index in [9.17, 15) is 9.18 Å². The van der Waals surface area contributed by atoms with Crippen molar-refractivity contribution in [3.8, 4) is 0 Å². The molecule has 0 radical (unpaired) electrons. The number of benzene rings is 1. The standard InChI is InChI=1S/C12H15ClFNO/c1-12(2,3)15-11(16)7-8-6-9(14)4-5-10(8)13/h4-6H,7H2,1-3H3,(H,15,16). The minimum absolute atomic E-state index is 0.0911. The first-order valence-corrected chi connectivity index (χ1v) is 5.41. The Balaban J connectivity index is 2.73. The molecule has 0 unspecified atom stereocenters. The molecular formula is C12H15ClFNO. The average molecular weight is 244 g/mol. The van der Waals surface area contributed by atoms with Crippen LogP contribution in [-0.2, 0) is 11.2 Å². The first-order valence-electron chi connectivity index (χ1n) is 5.03. The van der Waals surface area contributed by atoms with Crippen LogP contribution in [0, 0.1) is 5.82 Å². The van der Waals surface area contributed by atoms with Crippen LogP contribution in [0.3, 0.4) is 0 Å². The van der Waals surface area contributed by atoms with Crippen LogP contribution in [0.4, 0.5) is 4.39 Å². The summed E-state index contributed by atoms with van der Waals surface area (Å²) in [6, 6.07) is 4.01. The molecule has 0 aliphatic rings. The van der Waals surface area contributed by atoms with Gasteiger partial charge in [0.05, 0.1) is 6.42 Å². The van der Waals surface area contributed by atoms with Gasteiger partial charge in [0.1, 0.15) is 5.82 Å². The summed E-state index contributed by atoms with van der Waals surface area (Å²) in [5, 5.41) is 3.20. The summed E-state index contributed by atoms with van der Waals surface area (Å²) < 4.78 is 12.9. The Morgan fingerprint density at radius 3 is 2.62 bits per heavy atom. The molecule has 0 atom stereocenters. The second-order valence-corrected chi connectivity index (χ2v) is 5.12. The zero-order chi connectivity index (χ0) is 12.3. The summed E-state index contributed by atoms with van der Waals surface area (Å²) >= 11 is 5.86. The fourth-order valence-corrected chi connectivity index (χ4v) is 1.50. The first-order chi connectivity index (χ1) is 7.28. The topological polar surface area (TPSA) is 29.1 Å². The number of halogens is 2. The summed E-state index contributed by atoms with van der Waals surface area (Å²) in [6.45, 7) is 5.66. The normalized spacial score (nSPS) is 11.3. The molecule has 0 aromatic heterocycles. The van der Waals surface area contributed by atoms with Gasteiger partial charge >= 0.3 is 0 Å². The number of carbonyl (C=O) groups is 1. The zero-order valence-electron chi connectivity index (χ0n) is 9.60. The Morgan fingerprint density at radius 1 is 1.44 bits per heavy atom. The van der Waals surface area contributed by atoms with Crippen LogP contribution in [0.2, 0.25) is 5.02 Å². The van der Waals surface area contributed by atoms with E-state index in [1.165, 1.54) is 18.2 Å². The lowest BCUT2D eigenvalue weighted by Crippen LogP contribution is -2.41. The predicted molar refractivity (Wildman–Crippen MR) is 63.0 cm³/mol. The highest BCUT2D eigenvalue weighted by molar-refractivity contribution is 6.31. The molecule has 0 saturated carbocycles. The molecular weight excluding hydrogens is 229 g/mol. The molecule has 1 aromatic rings. The van der Waals surface area contributed by atoms with Gasteiger partial charge in [-0.05, 0) is 44.5 Å². The van der Waals surface area contributed by atoms with Gasteiger partial charge in [-0.2, -0.15) is 0 Å². The maximum absolute atomic E-state index is 12.9. The zero-order valence-corrected chi connectivity index (χ0v) is 10.4. The second kappa shape index (κ2) is 4.83. The van der Waals surface area contributed by atoms with E-state index in [2.05, 4.69) is 5.32 Å². The van der Waals surface area contributed by atoms with Gasteiger partial charge in [0.15, 0.2) is 0 Å². The molecule has 0 heterocycles. The van der Waals surface area contributed by atoms with Crippen molar-refractivity contribution in [2.45, 2.75) is 32.7 Å². The molecule has 4 heteroatoms. The van der Waals surface area contributed by atoms with E-state index < -0.39 is 0 Å². The Labute approximate surface area is 99.8 Å². The minimum Gasteiger partial charge on any atom is -0.351 e. The van der Waals surface area contributed by atoms with Crippen molar-refractivity contribution in [3.05, 3.63) is 34.6 Å². The van der Waals surface area contributed by atoms with E-state index in [1.54, 1.807) is 0 Å². The van der Waals surface area contributed by atoms with E-state index in [0.29, 0.717) is 10.6 Å². The van der Waals surface area contributed by atoms with Crippen molar-refractivity contribution >= 4 is 17.5 Å². The van der Waals surface area contributed by atoms with Crippen molar-refractivity contribution in [3.63, 3.8) is 0 Å². The van der Waals surface area contributed by atoms with Gasteiger partial charge in [0.2, 0.25) is 5.91 Å². The predicted octanol–water partition coefficient (Wildman–Crippen LogP) is 2.94. The highest BCUT2D eigenvalue weighted by Crippen LogP contribution is 2.17. The van der Waals surface area contributed by atoms with Gasteiger partial charge in [-0.15, -0.1) is 0 Å². The molecule has 0 bridgehead atoms. The number of amides is 1. The lowest BCUT2D eigenvalue weighted by Gasteiger charge is -2.20. The molecule has 88 valence electrons. The van der Waals surface area contributed by atoms with Crippen molar-refractivity contribution in [1.29, 1.82) is 0 Å². The molecule has 0 spiro atoms. The Kier molecular flexibility index (Phi) is 3.92. The third kappa shape index (κ3) is 4.19.